The molecular weight excluding hydrogens is 140 g/mol. The van der Waals surface area contributed by atoms with Gasteiger partial charge in [0.15, 0.2) is 12.4 Å². The second-order valence-corrected chi connectivity index (χ2v) is 2.22. The van der Waals surface area contributed by atoms with Crippen LogP contribution in [0.15, 0.2) is 29.5 Å². The third kappa shape index (κ3) is 1.70. The lowest BCUT2D eigenvalue weighted by Crippen LogP contribution is -2.27. The lowest BCUT2D eigenvalue weighted by atomic mass is 10.3. The van der Waals surface area contributed by atoms with Gasteiger partial charge < -0.3 is 0 Å². The van der Waals surface area contributed by atoms with Crippen LogP contribution >= 0.6 is 0 Å². The fourth-order valence-electron chi connectivity index (χ4n) is 0.806. The molecule has 3 heteroatoms. The number of hydrogen-bond acceptors (Lipinski definition) is 1. The van der Waals surface area contributed by atoms with Gasteiger partial charge in [-0.1, -0.05) is 0 Å². The number of aliphatic imine (C=N–C) groups is 1. The molecule has 3 nitrogen and oxygen atoms in total. The van der Waals surface area contributed by atoms with Crippen molar-refractivity contribution in [3.63, 3.8) is 0 Å². The standard InChI is InChI=1S/C8H9N2O/c1-9-8(11)7-4-3-5-10(2)6-7/h3-6H,1H2,2H3/q+1. The predicted octanol–water partition coefficient (Wildman–Crippen LogP) is 0.352. The summed E-state index contributed by atoms with van der Waals surface area (Å²) in [6.45, 7) is 3.16. The van der Waals surface area contributed by atoms with Gasteiger partial charge in [0, 0.05) is 6.07 Å². The molecule has 0 aliphatic heterocycles. The van der Waals surface area contributed by atoms with E-state index in [2.05, 4.69) is 11.7 Å². The average Bonchev–Trinajstić information content (AvgIpc) is 2.03. The molecule has 1 aromatic rings. The van der Waals surface area contributed by atoms with Gasteiger partial charge in [-0.25, -0.2) is 9.56 Å². The minimum Gasteiger partial charge on any atom is -0.267 e. The SMILES string of the molecule is C=NC(=O)c1ccc[n+](C)c1. The summed E-state index contributed by atoms with van der Waals surface area (Å²) in [6.07, 6.45) is 3.55. The molecule has 0 aromatic carbocycles. The van der Waals surface area contributed by atoms with Crippen LogP contribution in [-0.4, -0.2) is 12.6 Å². The monoisotopic (exact) mass is 149 g/mol. The fourth-order valence-corrected chi connectivity index (χ4v) is 0.806. The highest BCUT2D eigenvalue weighted by Crippen LogP contribution is 1.95. The van der Waals surface area contributed by atoms with Gasteiger partial charge in [-0.05, 0) is 12.8 Å². The first-order valence-corrected chi connectivity index (χ1v) is 3.20. The molecular formula is C8H9N2O+. The molecule has 0 spiro atoms. The van der Waals surface area contributed by atoms with E-state index in [-0.39, 0.29) is 5.91 Å². The summed E-state index contributed by atoms with van der Waals surface area (Å²) in [5, 5.41) is 0. The lowest BCUT2D eigenvalue weighted by molar-refractivity contribution is -0.671. The normalized spacial score (nSPS) is 9.18. The molecule has 0 N–H and O–H groups in total. The number of carbonyl (C=O) groups is 1. The van der Waals surface area contributed by atoms with E-state index < -0.39 is 0 Å². The maximum absolute atomic E-state index is 10.9. The lowest BCUT2D eigenvalue weighted by Gasteiger charge is -1.90. The van der Waals surface area contributed by atoms with Crippen molar-refractivity contribution in [2.24, 2.45) is 12.0 Å². The van der Waals surface area contributed by atoms with Gasteiger partial charge >= 0.3 is 0 Å². The predicted molar refractivity (Wildman–Crippen MR) is 41.5 cm³/mol. The van der Waals surface area contributed by atoms with Crippen LogP contribution in [0.3, 0.4) is 0 Å². The second kappa shape index (κ2) is 3.05. The molecule has 0 bridgehead atoms. The van der Waals surface area contributed by atoms with E-state index in [9.17, 15) is 4.79 Å². The molecule has 1 aromatic heterocycles. The average molecular weight is 149 g/mol. The number of pyridine rings is 1. The highest BCUT2D eigenvalue weighted by molar-refractivity contribution is 5.96. The maximum atomic E-state index is 10.9. The zero-order valence-corrected chi connectivity index (χ0v) is 6.32. The summed E-state index contributed by atoms with van der Waals surface area (Å²) in [6, 6.07) is 3.50. The van der Waals surface area contributed by atoms with Crippen LogP contribution in [0.5, 0.6) is 0 Å². The summed E-state index contributed by atoms with van der Waals surface area (Å²) in [4.78, 5) is 14.2. The van der Waals surface area contributed by atoms with E-state index in [0.29, 0.717) is 5.56 Å². The van der Waals surface area contributed by atoms with Crippen LogP contribution in [0.2, 0.25) is 0 Å². The zero-order valence-electron chi connectivity index (χ0n) is 6.32. The van der Waals surface area contributed by atoms with E-state index in [0.717, 1.165) is 0 Å². The van der Waals surface area contributed by atoms with Crippen LogP contribution in [0.1, 0.15) is 10.4 Å². The summed E-state index contributed by atoms with van der Waals surface area (Å²) in [7, 11) is 1.85. The first-order chi connectivity index (χ1) is 5.24. The molecule has 1 amide bonds. The minimum atomic E-state index is -0.291. The number of aryl methyl sites for hydroxylation is 1. The molecule has 0 saturated carbocycles. The molecule has 56 valence electrons. The van der Waals surface area contributed by atoms with Gasteiger partial charge in [0.25, 0.3) is 5.91 Å². The summed E-state index contributed by atoms with van der Waals surface area (Å²) < 4.78 is 1.79. The molecule has 0 saturated heterocycles. The molecule has 1 heterocycles. The van der Waals surface area contributed by atoms with Crippen LogP contribution in [0, 0.1) is 0 Å². The van der Waals surface area contributed by atoms with Crippen molar-refractivity contribution in [2.45, 2.75) is 0 Å². The molecule has 0 radical (unpaired) electrons. The molecule has 0 unspecified atom stereocenters. The Morgan fingerprint density at radius 1 is 1.73 bits per heavy atom. The smallest absolute Gasteiger partial charge is 0.267 e. The Labute approximate surface area is 65.0 Å². The van der Waals surface area contributed by atoms with Crippen LogP contribution < -0.4 is 4.57 Å². The number of nitrogens with zero attached hydrogens (tertiary/aromatic N) is 2. The highest BCUT2D eigenvalue weighted by Gasteiger charge is 2.04. The number of hydrogen-bond donors (Lipinski definition) is 0. The number of carbonyl (C=O) groups excluding carboxylic acids is 1. The topological polar surface area (TPSA) is 33.3 Å². The number of aromatic nitrogens is 1. The molecule has 0 atom stereocenters. The van der Waals surface area contributed by atoms with Gasteiger partial charge in [0.1, 0.15) is 12.6 Å². The first kappa shape index (κ1) is 7.60. The van der Waals surface area contributed by atoms with Crippen LogP contribution in [0.4, 0.5) is 0 Å². The fraction of sp³-hybridized carbons (Fsp3) is 0.125. The Balaban J connectivity index is 3.05. The van der Waals surface area contributed by atoms with Gasteiger partial charge in [-0.2, -0.15) is 0 Å². The molecule has 1 rings (SSSR count). The third-order valence-electron chi connectivity index (χ3n) is 1.33. The quantitative estimate of drug-likeness (QED) is 0.419. The highest BCUT2D eigenvalue weighted by atomic mass is 16.1. The van der Waals surface area contributed by atoms with Crippen molar-refractivity contribution in [1.29, 1.82) is 0 Å². The van der Waals surface area contributed by atoms with E-state index >= 15 is 0 Å². The maximum Gasteiger partial charge on any atom is 0.282 e. The molecule has 11 heavy (non-hydrogen) atoms. The second-order valence-electron chi connectivity index (χ2n) is 2.22. The van der Waals surface area contributed by atoms with Gasteiger partial charge in [-0.3, -0.25) is 4.79 Å². The third-order valence-corrected chi connectivity index (χ3v) is 1.33. The van der Waals surface area contributed by atoms with Crippen molar-refractivity contribution in [3.8, 4) is 0 Å². The largest absolute Gasteiger partial charge is 0.282 e. The molecule has 0 aliphatic carbocycles. The van der Waals surface area contributed by atoms with Crippen molar-refractivity contribution < 1.29 is 9.36 Å². The Hall–Kier alpha value is -1.51. The zero-order chi connectivity index (χ0) is 8.27. The molecule has 0 fully saturated rings. The first-order valence-electron chi connectivity index (χ1n) is 3.20. The molecule has 0 aliphatic rings. The van der Waals surface area contributed by atoms with E-state index in [1.807, 2.05) is 13.2 Å². The van der Waals surface area contributed by atoms with Crippen molar-refractivity contribution in [2.75, 3.05) is 0 Å². The summed E-state index contributed by atoms with van der Waals surface area (Å²) in [5.41, 5.74) is 0.560. The Bertz CT molecular complexity index is 294. The summed E-state index contributed by atoms with van der Waals surface area (Å²) in [5.74, 6) is -0.291. The summed E-state index contributed by atoms with van der Waals surface area (Å²) >= 11 is 0. The van der Waals surface area contributed by atoms with Gasteiger partial charge in [0.05, 0.1) is 0 Å². The van der Waals surface area contributed by atoms with Crippen LogP contribution in [-0.2, 0) is 7.05 Å². The van der Waals surface area contributed by atoms with Gasteiger partial charge in [-0.15, -0.1) is 0 Å². The number of rotatable bonds is 1. The Kier molecular flexibility index (Phi) is 2.11. The van der Waals surface area contributed by atoms with Crippen molar-refractivity contribution in [3.05, 3.63) is 30.1 Å². The Morgan fingerprint density at radius 2 is 2.45 bits per heavy atom. The van der Waals surface area contributed by atoms with Gasteiger partial charge in [0.2, 0.25) is 0 Å². The van der Waals surface area contributed by atoms with E-state index in [1.54, 1.807) is 22.9 Å². The van der Waals surface area contributed by atoms with Crippen molar-refractivity contribution in [1.82, 2.24) is 0 Å². The van der Waals surface area contributed by atoms with E-state index in [1.165, 1.54) is 0 Å². The van der Waals surface area contributed by atoms with Crippen LogP contribution in [0.25, 0.3) is 0 Å². The van der Waals surface area contributed by atoms with E-state index in [4.69, 9.17) is 0 Å². The van der Waals surface area contributed by atoms with Crippen molar-refractivity contribution >= 4 is 12.6 Å². The number of amides is 1. The minimum absolute atomic E-state index is 0.291. The Morgan fingerprint density at radius 3 is 3.00 bits per heavy atom.